The Bertz CT molecular complexity index is 787. The average Bonchev–Trinajstić information content (AvgIpc) is 2.80. The molecule has 1 fully saturated rings. The third kappa shape index (κ3) is 6.15. The number of hydrogen-bond donors (Lipinski definition) is 2. The van der Waals surface area contributed by atoms with Gasteiger partial charge in [-0.1, -0.05) is 49.4 Å². The highest BCUT2D eigenvalue weighted by Gasteiger charge is 2.36. The van der Waals surface area contributed by atoms with Crippen LogP contribution in [0.15, 0.2) is 54.6 Å². The lowest BCUT2D eigenvalue weighted by molar-refractivity contribution is -0.106. The normalized spacial score (nSPS) is 15.4. The summed E-state index contributed by atoms with van der Waals surface area (Å²) in [5, 5.41) is 5.45. The summed E-state index contributed by atoms with van der Waals surface area (Å²) in [6.45, 7) is 7.05. The summed E-state index contributed by atoms with van der Waals surface area (Å²) in [5.41, 5.74) is 5.23. The Morgan fingerprint density at radius 3 is 2.30 bits per heavy atom. The topological polar surface area (TPSA) is 70.7 Å². The van der Waals surface area contributed by atoms with Crippen molar-refractivity contribution in [2.45, 2.75) is 32.1 Å². The number of ether oxygens (including phenoxy) is 1. The number of carbonyl (C=O) groups is 2. The Labute approximate surface area is 179 Å². The van der Waals surface area contributed by atoms with Gasteiger partial charge in [0, 0.05) is 31.6 Å². The monoisotopic (exact) mass is 411 g/mol. The number of nitrogens with one attached hydrogen (secondary N) is 2. The van der Waals surface area contributed by atoms with Gasteiger partial charge in [0.15, 0.2) is 0 Å². The van der Waals surface area contributed by atoms with Crippen LogP contribution in [0, 0.1) is 0 Å². The maximum Gasteiger partial charge on any atom is 0.255 e. The molecule has 1 amide bonds. The molecule has 30 heavy (non-hydrogen) atoms. The molecule has 6 heteroatoms. The van der Waals surface area contributed by atoms with Crippen LogP contribution in [0.1, 0.15) is 42.6 Å². The number of rotatable bonds is 7. The van der Waals surface area contributed by atoms with Crippen LogP contribution < -0.4 is 15.5 Å². The molecular formula is C24H33N3O3. The highest BCUT2D eigenvalue weighted by Crippen LogP contribution is 2.34. The minimum absolute atomic E-state index is 0.0507. The van der Waals surface area contributed by atoms with Crippen molar-refractivity contribution in [1.82, 2.24) is 15.8 Å². The molecule has 0 spiro atoms. The first-order valence-corrected chi connectivity index (χ1v) is 10.4. The van der Waals surface area contributed by atoms with Crippen molar-refractivity contribution in [3.05, 3.63) is 65.7 Å². The number of para-hydroxylation sites is 1. The second-order valence-electron chi connectivity index (χ2n) is 7.26. The Kier molecular flexibility index (Phi) is 9.51. The number of hydrazine groups is 1. The van der Waals surface area contributed by atoms with E-state index in [0.717, 1.165) is 38.8 Å². The smallest absolute Gasteiger partial charge is 0.255 e. The van der Waals surface area contributed by atoms with E-state index in [4.69, 9.17) is 9.53 Å². The van der Waals surface area contributed by atoms with E-state index >= 15 is 0 Å². The largest absolute Gasteiger partial charge is 0.496 e. The Hall–Kier alpha value is -2.70. The van der Waals surface area contributed by atoms with E-state index in [-0.39, 0.29) is 11.3 Å². The van der Waals surface area contributed by atoms with Gasteiger partial charge in [-0.2, -0.15) is 0 Å². The molecule has 1 heterocycles. The van der Waals surface area contributed by atoms with Crippen molar-refractivity contribution in [3.8, 4) is 5.75 Å². The molecule has 1 saturated heterocycles. The van der Waals surface area contributed by atoms with Crippen LogP contribution in [0.3, 0.4) is 0 Å². The van der Waals surface area contributed by atoms with Gasteiger partial charge in [-0.25, -0.2) is 5.01 Å². The number of nitrogens with zero attached hydrogens (tertiary/aromatic N) is 1. The number of amides is 1. The molecule has 0 unspecified atom stereocenters. The molecule has 1 aliphatic rings. The van der Waals surface area contributed by atoms with Crippen molar-refractivity contribution in [1.29, 1.82) is 0 Å². The number of piperidine rings is 1. The van der Waals surface area contributed by atoms with Crippen LogP contribution >= 0.6 is 0 Å². The minimum Gasteiger partial charge on any atom is -0.496 e. The number of benzene rings is 2. The third-order valence-electron chi connectivity index (χ3n) is 5.43. The fourth-order valence-corrected chi connectivity index (χ4v) is 3.85. The summed E-state index contributed by atoms with van der Waals surface area (Å²) in [7, 11) is 1.59. The van der Waals surface area contributed by atoms with E-state index in [1.807, 2.05) is 24.3 Å². The van der Waals surface area contributed by atoms with Crippen molar-refractivity contribution in [3.63, 3.8) is 0 Å². The van der Waals surface area contributed by atoms with Crippen LogP contribution in [0.5, 0.6) is 5.75 Å². The van der Waals surface area contributed by atoms with Gasteiger partial charge in [0.05, 0.1) is 12.7 Å². The Morgan fingerprint density at radius 1 is 1.10 bits per heavy atom. The van der Waals surface area contributed by atoms with Crippen molar-refractivity contribution in [2.24, 2.45) is 0 Å². The van der Waals surface area contributed by atoms with Gasteiger partial charge in [-0.05, 0) is 37.5 Å². The highest BCUT2D eigenvalue weighted by molar-refractivity contribution is 5.96. The van der Waals surface area contributed by atoms with Gasteiger partial charge in [0.2, 0.25) is 0 Å². The third-order valence-corrected chi connectivity index (χ3v) is 5.43. The highest BCUT2D eigenvalue weighted by atomic mass is 16.5. The van der Waals surface area contributed by atoms with Crippen LogP contribution in [0.4, 0.5) is 0 Å². The second-order valence-corrected chi connectivity index (χ2v) is 7.26. The fraction of sp³-hybridized carbons (Fsp3) is 0.417. The lowest BCUT2D eigenvalue weighted by Gasteiger charge is -2.42. The molecule has 0 bridgehead atoms. The zero-order valence-electron chi connectivity index (χ0n) is 18.2. The van der Waals surface area contributed by atoms with Crippen molar-refractivity contribution < 1.29 is 14.3 Å². The van der Waals surface area contributed by atoms with Gasteiger partial charge in [0.1, 0.15) is 12.0 Å². The van der Waals surface area contributed by atoms with Gasteiger partial charge in [-0.3, -0.25) is 10.2 Å². The minimum atomic E-state index is -0.0862. The molecule has 0 radical (unpaired) electrons. The number of carbonyl (C=O) groups excluding carboxylic acids is 2. The fourth-order valence-electron chi connectivity index (χ4n) is 3.85. The molecular weight excluding hydrogens is 378 g/mol. The summed E-state index contributed by atoms with van der Waals surface area (Å²) in [4.78, 5) is 21.6. The number of methoxy groups -OCH3 is 1. The molecule has 6 nitrogen and oxygen atoms in total. The quantitative estimate of drug-likeness (QED) is 0.685. The van der Waals surface area contributed by atoms with Crippen LogP contribution in [0.25, 0.3) is 0 Å². The van der Waals surface area contributed by atoms with Gasteiger partial charge in [0.25, 0.3) is 5.91 Å². The predicted molar refractivity (Wildman–Crippen MR) is 120 cm³/mol. The lowest BCUT2D eigenvalue weighted by Crippen LogP contribution is -2.52. The summed E-state index contributed by atoms with van der Waals surface area (Å²) >= 11 is 0. The average molecular weight is 412 g/mol. The molecule has 0 saturated carbocycles. The molecule has 0 aliphatic carbocycles. The molecule has 162 valence electrons. The van der Waals surface area contributed by atoms with Gasteiger partial charge >= 0.3 is 0 Å². The first-order valence-electron chi connectivity index (χ1n) is 10.4. The molecule has 2 aromatic carbocycles. The van der Waals surface area contributed by atoms with Crippen LogP contribution in [-0.2, 0) is 10.2 Å². The maximum atomic E-state index is 12.8. The SMILES string of the molecule is CC=O.CCNN1CCC(CNC(=O)c2ccccc2OC)(c2ccccc2)CC1. The summed E-state index contributed by atoms with van der Waals surface area (Å²) in [6, 6.07) is 17.9. The molecule has 0 atom stereocenters. The van der Waals surface area contributed by atoms with Crippen molar-refractivity contribution >= 4 is 12.2 Å². The van der Waals surface area contributed by atoms with E-state index in [0.29, 0.717) is 17.9 Å². The molecule has 1 aliphatic heterocycles. The van der Waals surface area contributed by atoms with Gasteiger partial charge < -0.3 is 14.8 Å². The van der Waals surface area contributed by atoms with E-state index < -0.39 is 0 Å². The standard InChI is InChI=1S/C22H29N3O2.C2H4O/c1-3-24-25-15-13-22(14-16-25,18-9-5-4-6-10-18)17-23-21(26)19-11-7-8-12-20(19)27-2;1-2-3/h4-12,24H,3,13-17H2,1-2H3,(H,23,26);2H,1H3. The molecule has 0 aromatic heterocycles. The zero-order valence-corrected chi connectivity index (χ0v) is 18.2. The van der Waals surface area contributed by atoms with Crippen molar-refractivity contribution in [2.75, 3.05) is 33.3 Å². The molecule has 2 aromatic rings. The molecule has 2 N–H and O–H groups in total. The van der Waals surface area contributed by atoms with Crippen LogP contribution in [0.2, 0.25) is 0 Å². The lowest BCUT2D eigenvalue weighted by atomic mass is 9.73. The first-order chi connectivity index (χ1) is 14.6. The summed E-state index contributed by atoms with van der Waals surface area (Å²) in [5.74, 6) is 0.516. The molecule has 3 rings (SSSR count). The zero-order chi connectivity index (χ0) is 21.8. The predicted octanol–water partition coefficient (Wildman–Crippen LogP) is 3.19. The Morgan fingerprint density at radius 2 is 1.70 bits per heavy atom. The second kappa shape index (κ2) is 12.1. The summed E-state index contributed by atoms with van der Waals surface area (Å²) < 4.78 is 5.33. The first kappa shape index (κ1) is 23.6. The van der Waals surface area contributed by atoms with E-state index in [9.17, 15) is 4.79 Å². The van der Waals surface area contributed by atoms with E-state index in [2.05, 4.69) is 46.9 Å². The maximum absolute atomic E-state index is 12.8. The van der Waals surface area contributed by atoms with Gasteiger partial charge in [-0.15, -0.1) is 0 Å². The summed E-state index contributed by atoms with van der Waals surface area (Å²) in [6.07, 6.45) is 2.74. The van der Waals surface area contributed by atoms with Crippen LogP contribution in [-0.4, -0.2) is 50.5 Å². The number of aldehydes is 1. The Balaban J connectivity index is 0.00000101. The van der Waals surface area contributed by atoms with E-state index in [1.165, 1.54) is 12.5 Å². The number of hydrogen-bond acceptors (Lipinski definition) is 5. The van der Waals surface area contributed by atoms with E-state index in [1.54, 1.807) is 13.2 Å².